The van der Waals surface area contributed by atoms with Gasteiger partial charge in [0.05, 0.1) is 6.20 Å². The molecule has 0 amide bonds. The summed E-state index contributed by atoms with van der Waals surface area (Å²) in [5, 5.41) is 2.94. The van der Waals surface area contributed by atoms with E-state index in [4.69, 9.17) is 0 Å². The maximum Gasteiger partial charge on any atom is 0.168 e. The SMILES string of the molecule is CCC(C)C(C)Nc1ncc(F)cc1F. The normalized spacial score (nSPS) is 14.7. The van der Waals surface area contributed by atoms with Crippen LogP contribution in [-0.2, 0) is 0 Å². The van der Waals surface area contributed by atoms with Gasteiger partial charge in [-0.2, -0.15) is 0 Å². The minimum Gasteiger partial charge on any atom is -0.365 e. The molecule has 0 bridgehead atoms. The lowest BCUT2D eigenvalue weighted by molar-refractivity contribution is 0.488. The maximum atomic E-state index is 13.2. The highest BCUT2D eigenvalue weighted by Gasteiger charge is 2.13. The molecule has 2 atom stereocenters. The molecule has 0 radical (unpaired) electrons. The predicted molar refractivity (Wildman–Crippen MR) is 56.7 cm³/mol. The fourth-order valence-electron chi connectivity index (χ4n) is 1.23. The summed E-state index contributed by atoms with van der Waals surface area (Å²) in [6.07, 6.45) is 2.01. The molecule has 1 heterocycles. The van der Waals surface area contributed by atoms with Crippen molar-refractivity contribution in [2.75, 3.05) is 5.32 Å². The number of halogens is 2. The molecular formula is C11H16F2N2. The van der Waals surface area contributed by atoms with Crippen LogP contribution in [0.3, 0.4) is 0 Å². The van der Waals surface area contributed by atoms with Crippen LogP contribution in [0, 0.1) is 17.6 Å². The molecule has 0 aliphatic heterocycles. The Kier molecular flexibility index (Phi) is 4.00. The number of rotatable bonds is 4. The van der Waals surface area contributed by atoms with Gasteiger partial charge in [0.25, 0.3) is 0 Å². The maximum absolute atomic E-state index is 13.2. The summed E-state index contributed by atoms with van der Waals surface area (Å²) >= 11 is 0. The Bertz CT molecular complexity index is 328. The van der Waals surface area contributed by atoms with E-state index >= 15 is 0 Å². The topological polar surface area (TPSA) is 24.9 Å². The van der Waals surface area contributed by atoms with Crippen LogP contribution in [0.5, 0.6) is 0 Å². The lowest BCUT2D eigenvalue weighted by Crippen LogP contribution is -2.24. The summed E-state index contributed by atoms with van der Waals surface area (Å²) in [6, 6.07) is 0.945. The number of hydrogen-bond donors (Lipinski definition) is 1. The van der Waals surface area contributed by atoms with Crippen molar-refractivity contribution in [3.05, 3.63) is 23.9 Å². The van der Waals surface area contributed by atoms with Gasteiger partial charge in [-0.15, -0.1) is 0 Å². The lowest BCUT2D eigenvalue weighted by Gasteiger charge is -2.20. The second-order valence-electron chi connectivity index (χ2n) is 3.80. The number of pyridine rings is 1. The van der Waals surface area contributed by atoms with Crippen LogP contribution < -0.4 is 5.32 Å². The van der Waals surface area contributed by atoms with Gasteiger partial charge in [-0.05, 0) is 12.8 Å². The second-order valence-corrected chi connectivity index (χ2v) is 3.80. The Morgan fingerprint density at radius 3 is 2.60 bits per heavy atom. The van der Waals surface area contributed by atoms with Gasteiger partial charge < -0.3 is 5.32 Å². The molecule has 0 aliphatic carbocycles. The van der Waals surface area contributed by atoms with Crippen LogP contribution >= 0.6 is 0 Å². The van der Waals surface area contributed by atoms with Crippen LogP contribution in [0.25, 0.3) is 0 Å². The van der Waals surface area contributed by atoms with E-state index in [1.807, 2.05) is 6.92 Å². The number of aromatic nitrogens is 1. The zero-order valence-corrected chi connectivity index (χ0v) is 9.22. The van der Waals surface area contributed by atoms with E-state index in [0.29, 0.717) is 5.92 Å². The molecule has 1 N–H and O–H groups in total. The molecule has 0 fully saturated rings. The van der Waals surface area contributed by atoms with Crippen LogP contribution in [0.1, 0.15) is 27.2 Å². The first kappa shape index (κ1) is 11.9. The first-order chi connectivity index (χ1) is 7.04. The van der Waals surface area contributed by atoms with E-state index < -0.39 is 11.6 Å². The van der Waals surface area contributed by atoms with E-state index in [9.17, 15) is 8.78 Å². The van der Waals surface area contributed by atoms with Crippen molar-refractivity contribution in [1.82, 2.24) is 4.98 Å². The fourth-order valence-corrected chi connectivity index (χ4v) is 1.23. The summed E-state index contributed by atoms with van der Waals surface area (Å²) in [4.78, 5) is 3.67. The van der Waals surface area contributed by atoms with Crippen molar-refractivity contribution >= 4 is 5.82 Å². The molecule has 84 valence electrons. The molecule has 15 heavy (non-hydrogen) atoms. The van der Waals surface area contributed by atoms with Crippen molar-refractivity contribution in [3.63, 3.8) is 0 Å². The van der Waals surface area contributed by atoms with Crippen molar-refractivity contribution in [2.24, 2.45) is 5.92 Å². The highest BCUT2D eigenvalue weighted by molar-refractivity contribution is 5.36. The zero-order chi connectivity index (χ0) is 11.4. The third kappa shape index (κ3) is 3.15. The van der Waals surface area contributed by atoms with Crippen molar-refractivity contribution < 1.29 is 8.78 Å². The van der Waals surface area contributed by atoms with Gasteiger partial charge >= 0.3 is 0 Å². The molecule has 2 unspecified atom stereocenters. The number of hydrogen-bond acceptors (Lipinski definition) is 2. The quantitative estimate of drug-likeness (QED) is 0.832. The molecule has 4 heteroatoms. The Hall–Kier alpha value is -1.19. The zero-order valence-electron chi connectivity index (χ0n) is 9.22. The van der Waals surface area contributed by atoms with Crippen LogP contribution in [0.15, 0.2) is 12.3 Å². The van der Waals surface area contributed by atoms with Gasteiger partial charge in [0.2, 0.25) is 0 Å². The Morgan fingerprint density at radius 2 is 2.07 bits per heavy atom. The van der Waals surface area contributed by atoms with E-state index in [1.54, 1.807) is 0 Å². The third-order valence-corrected chi connectivity index (χ3v) is 2.67. The Labute approximate surface area is 88.7 Å². The standard InChI is InChI=1S/C11H16F2N2/c1-4-7(2)8(3)15-11-10(13)5-9(12)6-14-11/h5-8H,4H2,1-3H3,(H,14,15). The van der Waals surface area contributed by atoms with E-state index in [1.165, 1.54) is 0 Å². The van der Waals surface area contributed by atoms with Gasteiger partial charge in [0.1, 0.15) is 5.82 Å². The lowest BCUT2D eigenvalue weighted by atomic mass is 10.0. The molecule has 0 saturated carbocycles. The highest BCUT2D eigenvalue weighted by atomic mass is 19.1. The van der Waals surface area contributed by atoms with Crippen molar-refractivity contribution in [1.29, 1.82) is 0 Å². The minimum atomic E-state index is -0.658. The molecule has 1 aromatic heterocycles. The highest BCUT2D eigenvalue weighted by Crippen LogP contribution is 2.16. The molecule has 1 rings (SSSR count). The number of nitrogens with one attached hydrogen (secondary N) is 1. The smallest absolute Gasteiger partial charge is 0.168 e. The average Bonchev–Trinajstić information content (AvgIpc) is 2.20. The van der Waals surface area contributed by atoms with Gasteiger partial charge in [0, 0.05) is 12.1 Å². The largest absolute Gasteiger partial charge is 0.365 e. The van der Waals surface area contributed by atoms with Crippen molar-refractivity contribution in [3.8, 4) is 0 Å². The molecule has 0 saturated heterocycles. The molecule has 0 aliphatic rings. The van der Waals surface area contributed by atoms with E-state index in [0.717, 1.165) is 18.7 Å². The predicted octanol–water partition coefficient (Wildman–Crippen LogP) is 3.21. The summed E-state index contributed by atoms with van der Waals surface area (Å²) in [7, 11) is 0. The molecule has 2 nitrogen and oxygen atoms in total. The van der Waals surface area contributed by atoms with Crippen LogP contribution in [0.2, 0.25) is 0 Å². The van der Waals surface area contributed by atoms with Gasteiger partial charge in [0.15, 0.2) is 11.6 Å². The summed E-state index contributed by atoms with van der Waals surface area (Å²) < 4.78 is 25.8. The van der Waals surface area contributed by atoms with Gasteiger partial charge in [-0.3, -0.25) is 0 Å². The van der Waals surface area contributed by atoms with E-state index in [-0.39, 0.29) is 11.9 Å². The van der Waals surface area contributed by atoms with Crippen LogP contribution in [0.4, 0.5) is 14.6 Å². The first-order valence-corrected chi connectivity index (χ1v) is 5.12. The van der Waals surface area contributed by atoms with E-state index in [2.05, 4.69) is 24.1 Å². The summed E-state index contributed by atoms with van der Waals surface area (Å²) in [6.45, 7) is 6.09. The molecule has 1 aromatic rings. The Balaban J connectivity index is 2.72. The molecule has 0 aromatic carbocycles. The molecular weight excluding hydrogens is 198 g/mol. The van der Waals surface area contributed by atoms with Gasteiger partial charge in [-0.1, -0.05) is 20.3 Å². The van der Waals surface area contributed by atoms with Crippen LogP contribution in [-0.4, -0.2) is 11.0 Å². The fraction of sp³-hybridized carbons (Fsp3) is 0.545. The third-order valence-electron chi connectivity index (χ3n) is 2.67. The van der Waals surface area contributed by atoms with Crippen molar-refractivity contribution in [2.45, 2.75) is 33.2 Å². The summed E-state index contributed by atoms with van der Waals surface area (Å²) in [5.41, 5.74) is 0. The summed E-state index contributed by atoms with van der Waals surface area (Å²) in [5.74, 6) is -0.778. The first-order valence-electron chi connectivity index (χ1n) is 5.12. The Morgan fingerprint density at radius 1 is 1.40 bits per heavy atom. The number of anilines is 1. The second kappa shape index (κ2) is 5.05. The van der Waals surface area contributed by atoms with Gasteiger partial charge in [-0.25, -0.2) is 13.8 Å². The minimum absolute atomic E-state index is 0.113. The average molecular weight is 214 g/mol. The number of nitrogens with zero attached hydrogens (tertiary/aromatic N) is 1. The molecule has 0 spiro atoms. The monoisotopic (exact) mass is 214 g/mol.